The first-order chi connectivity index (χ1) is 9.20. The lowest BCUT2D eigenvalue weighted by molar-refractivity contribution is -0.137. The van der Waals surface area contributed by atoms with Crippen LogP contribution in [0, 0.1) is 5.92 Å². The van der Waals surface area contributed by atoms with Gasteiger partial charge in [-0.05, 0) is 22.0 Å². The van der Waals surface area contributed by atoms with Crippen molar-refractivity contribution < 1.29 is 22.8 Å². The summed E-state index contributed by atoms with van der Waals surface area (Å²) in [6.07, 6.45) is -3.70. The first-order valence-corrected chi connectivity index (χ1v) is 6.32. The van der Waals surface area contributed by atoms with E-state index in [-0.39, 0.29) is 17.4 Å². The zero-order valence-corrected chi connectivity index (χ0v) is 11.5. The standard InChI is InChI=1S/C11H9BrF3N3O2/c12-6-2-7(11(13,14)15)10(17-3-6)18-4-5(9(16)20)1-8(18)19/h2-3,5H,1,4H2,(H2,16,20). The maximum atomic E-state index is 13.0. The van der Waals surface area contributed by atoms with Gasteiger partial charge in [-0.1, -0.05) is 0 Å². The molecule has 9 heteroatoms. The van der Waals surface area contributed by atoms with Crippen molar-refractivity contribution in [3.63, 3.8) is 0 Å². The number of rotatable bonds is 2. The zero-order valence-electron chi connectivity index (χ0n) is 9.95. The van der Waals surface area contributed by atoms with E-state index in [4.69, 9.17) is 5.73 Å². The van der Waals surface area contributed by atoms with Gasteiger partial charge in [0.15, 0.2) is 0 Å². The Bertz CT molecular complexity index is 577. The van der Waals surface area contributed by atoms with E-state index in [1.165, 1.54) is 0 Å². The fraction of sp³-hybridized carbons (Fsp3) is 0.364. The van der Waals surface area contributed by atoms with Crippen LogP contribution in [0.5, 0.6) is 0 Å². The van der Waals surface area contributed by atoms with Gasteiger partial charge in [0.25, 0.3) is 0 Å². The molecule has 1 aromatic heterocycles. The number of carbonyl (C=O) groups is 2. The quantitative estimate of drug-likeness (QED) is 0.880. The van der Waals surface area contributed by atoms with Crippen LogP contribution < -0.4 is 10.6 Å². The number of amides is 2. The summed E-state index contributed by atoms with van der Waals surface area (Å²) in [5.74, 6) is -2.62. The summed E-state index contributed by atoms with van der Waals surface area (Å²) in [5.41, 5.74) is 4.04. The first-order valence-electron chi connectivity index (χ1n) is 5.52. The van der Waals surface area contributed by atoms with Crippen molar-refractivity contribution in [2.45, 2.75) is 12.6 Å². The maximum absolute atomic E-state index is 13.0. The molecule has 1 saturated heterocycles. The molecule has 0 aromatic carbocycles. The Morgan fingerprint density at radius 2 is 2.15 bits per heavy atom. The van der Waals surface area contributed by atoms with Crippen LogP contribution in [0.25, 0.3) is 0 Å². The number of halogens is 4. The van der Waals surface area contributed by atoms with Gasteiger partial charge >= 0.3 is 6.18 Å². The van der Waals surface area contributed by atoms with Gasteiger partial charge in [0.1, 0.15) is 5.82 Å². The first kappa shape index (κ1) is 14.8. The van der Waals surface area contributed by atoms with Crippen molar-refractivity contribution in [1.29, 1.82) is 0 Å². The predicted molar refractivity (Wildman–Crippen MR) is 66.6 cm³/mol. The second-order valence-corrected chi connectivity index (χ2v) is 5.25. The summed E-state index contributed by atoms with van der Waals surface area (Å²) >= 11 is 2.91. The summed E-state index contributed by atoms with van der Waals surface area (Å²) in [4.78, 5) is 27.3. The molecule has 1 atom stereocenters. The number of alkyl halides is 3. The molecule has 2 N–H and O–H groups in total. The van der Waals surface area contributed by atoms with Gasteiger partial charge < -0.3 is 5.73 Å². The van der Waals surface area contributed by atoms with Crippen molar-refractivity contribution in [2.24, 2.45) is 11.7 Å². The van der Waals surface area contributed by atoms with Gasteiger partial charge in [-0.25, -0.2) is 4.98 Å². The van der Waals surface area contributed by atoms with Gasteiger partial charge in [-0.2, -0.15) is 13.2 Å². The highest BCUT2D eigenvalue weighted by atomic mass is 79.9. The highest BCUT2D eigenvalue weighted by Crippen LogP contribution is 2.38. The molecule has 108 valence electrons. The van der Waals surface area contributed by atoms with Crippen LogP contribution in [-0.2, 0) is 15.8 Å². The fourth-order valence-electron chi connectivity index (χ4n) is 1.96. The number of hydrogen-bond donors (Lipinski definition) is 1. The van der Waals surface area contributed by atoms with Crippen LogP contribution in [0.1, 0.15) is 12.0 Å². The van der Waals surface area contributed by atoms with E-state index in [0.29, 0.717) is 0 Å². The molecule has 2 rings (SSSR count). The second kappa shape index (κ2) is 5.04. The van der Waals surface area contributed by atoms with Crippen molar-refractivity contribution in [1.82, 2.24) is 4.98 Å². The number of pyridine rings is 1. The molecule has 0 saturated carbocycles. The molecular formula is C11H9BrF3N3O2. The zero-order chi connectivity index (χ0) is 15.1. The molecule has 20 heavy (non-hydrogen) atoms. The Labute approximate surface area is 120 Å². The Morgan fingerprint density at radius 3 is 2.65 bits per heavy atom. The van der Waals surface area contributed by atoms with E-state index in [1.807, 2.05) is 0 Å². The number of nitrogens with zero attached hydrogens (tertiary/aromatic N) is 2. The number of nitrogens with two attached hydrogens (primary N) is 1. The van der Waals surface area contributed by atoms with Crippen molar-refractivity contribution in [3.05, 3.63) is 22.3 Å². The molecule has 1 aromatic rings. The highest BCUT2D eigenvalue weighted by molar-refractivity contribution is 9.10. The Morgan fingerprint density at radius 1 is 1.50 bits per heavy atom. The predicted octanol–water partition coefficient (Wildman–Crippen LogP) is 1.70. The second-order valence-electron chi connectivity index (χ2n) is 4.33. The Hall–Kier alpha value is -1.64. The number of anilines is 1. The van der Waals surface area contributed by atoms with Crippen LogP contribution >= 0.6 is 15.9 Å². The Kier molecular flexibility index (Phi) is 3.72. The molecule has 1 fully saturated rings. The summed E-state index contributed by atoms with van der Waals surface area (Å²) in [5, 5.41) is 0. The molecule has 0 bridgehead atoms. The van der Waals surface area contributed by atoms with Gasteiger partial charge in [0.2, 0.25) is 11.8 Å². The summed E-state index contributed by atoms with van der Waals surface area (Å²) in [7, 11) is 0. The average molecular weight is 352 g/mol. The van der Waals surface area contributed by atoms with Gasteiger partial charge in [-0.15, -0.1) is 0 Å². The summed E-state index contributed by atoms with van der Waals surface area (Å²) < 4.78 is 39.1. The van der Waals surface area contributed by atoms with Gasteiger partial charge in [0, 0.05) is 23.6 Å². The third-order valence-corrected chi connectivity index (χ3v) is 3.36. The summed E-state index contributed by atoms with van der Waals surface area (Å²) in [6, 6.07) is 0.840. The van der Waals surface area contributed by atoms with Crippen LogP contribution in [0.15, 0.2) is 16.7 Å². The topological polar surface area (TPSA) is 76.3 Å². The molecule has 2 heterocycles. The van der Waals surface area contributed by atoms with E-state index in [9.17, 15) is 22.8 Å². The molecule has 0 spiro atoms. The smallest absolute Gasteiger partial charge is 0.369 e. The average Bonchev–Trinajstić information content (AvgIpc) is 2.70. The van der Waals surface area contributed by atoms with Gasteiger partial charge in [-0.3, -0.25) is 14.5 Å². The highest BCUT2D eigenvalue weighted by Gasteiger charge is 2.41. The van der Waals surface area contributed by atoms with Crippen LogP contribution in [-0.4, -0.2) is 23.3 Å². The SMILES string of the molecule is NC(=O)C1CC(=O)N(c2ncc(Br)cc2C(F)(F)F)C1. The third kappa shape index (κ3) is 2.77. The van der Waals surface area contributed by atoms with Crippen molar-refractivity contribution in [2.75, 3.05) is 11.4 Å². The lowest BCUT2D eigenvalue weighted by atomic mass is 10.1. The molecule has 0 aliphatic carbocycles. The van der Waals surface area contributed by atoms with E-state index >= 15 is 0 Å². The Balaban J connectivity index is 2.43. The molecule has 1 unspecified atom stereocenters. The van der Waals surface area contributed by atoms with Crippen LogP contribution in [0.2, 0.25) is 0 Å². The van der Waals surface area contributed by atoms with Crippen molar-refractivity contribution in [3.8, 4) is 0 Å². The number of hydrogen-bond acceptors (Lipinski definition) is 3. The number of aromatic nitrogens is 1. The molecule has 1 aliphatic rings. The third-order valence-electron chi connectivity index (χ3n) is 2.92. The van der Waals surface area contributed by atoms with Crippen LogP contribution in [0.3, 0.4) is 0 Å². The van der Waals surface area contributed by atoms with Crippen molar-refractivity contribution >= 4 is 33.6 Å². The molecule has 5 nitrogen and oxygen atoms in total. The summed E-state index contributed by atoms with van der Waals surface area (Å²) in [6.45, 7) is -0.189. The minimum Gasteiger partial charge on any atom is -0.369 e. The lowest BCUT2D eigenvalue weighted by Crippen LogP contribution is -2.30. The van der Waals surface area contributed by atoms with Gasteiger partial charge in [0.05, 0.1) is 11.5 Å². The molecular weight excluding hydrogens is 343 g/mol. The normalized spacial score (nSPS) is 19.5. The minimum absolute atomic E-state index is 0.145. The lowest BCUT2D eigenvalue weighted by Gasteiger charge is -2.20. The minimum atomic E-state index is -4.66. The van der Waals surface area contributed by atoms with E-state index in [2.05, 4.69) is 20.9 Å². The number of carbonyl (C=O) groups excluding carboxylic acids is 2. The molecule has 0 radical (unpaired) electrons. The molecule has 2 amide bonds. The monoisotopic (exact) mass is 351 g/mol. The van der Waals surface area contributed by atoms with E-state index in [1.54, 1.807) is 0 Å². The molecule has 1 aliphatic heterocycles. The largest absolute Gasteiger partial charge is 0.420 e. The fourth-order valence-corrected chi connectivity index (χ4v) is 2.29. The number of primary amides is 1. The van der Waals surface area contributed by atoms with E-state index in [0.717, 1.165) is 17.2 Å². The van der Waals surface area contributed by atoms with E-state index < -0.39 is 35.3 Å². The van der Waals surface area contributed by atoms with Crippen LogP contribution in [0.4, 0.5) is 19.0 Å². The maximum Gasteiger partial charge on any atom is 0.420 e.